The van der Waals surface area contributed by atoms with Crippen molar-refractivity contribution in [2.75, 3.05) is 39.3 Å². The fraction of sp³-hybridized carbons (Fsp3) is 0.906. The van der Waals surface area contributed by atoms with Gasteiger partial charge in [0, 0.05) is 36.9 Å². The Morgan fingerprint density at radius 2 is 1.95 bits per heavy atom. The minimum atomic E-state index is 0.157. The normalized spacial score (nSPS) is 53.9. The molecule has 3 unspecified atom stereocenters. The van der Waals surface area contributed by atoms with Gasteiger partial charge in [0.05, 0.1) is 37.9 Å². The number of carbonyl (C=O) groups excluding carboxylic acids is 1. The van der Waals surface area contributed by atoms with Gasteiger partial charge in [-0.05, 0) is 98.4 Å². The highest BCUT2D eigenvalue weighted by molar-refractivity contribution is 7.16. The number of fused-ring (bicyclic) bond motifs is 6. The highest BCUT2D eigenvalue weighted by Gasteiger charge is 2.91. The smallest absolute Gasteiger partial charge is 0.155 e. The lowest BCUT2D eigenvalue weighted by Crippen LogP contribution is -2.64. The molecule has 38 heavy (non-hydrogen) atoms. The van der Waals surface area contributed by atoms with Gasteiger partial charge in [-0.2, -0.15) is 0 Å². The first-order valence-corrected chi connectivity index (χ1v) is 16.7. The minimum absolute atomic E-state index is 0.157. The first-order chi connectivity index (χ1) is 18.4. The number of piperidine rings is 1. The van der Waals surface area contributed by atoms with Crippen molar-refractivity contribution in [1.29, 1.82) is 0 Å². The van der Waals surface area contributed by atoms with Crippen molar-refractivity contribution in [2.24, 2.45) is 45.8 Å². The maximum atomic E-state index is 12.3. The fourth-order valence-corrected chi connectivity index (χ4v) is 12.7. The van der Waals surface area contributed by atoms with Crippen LogP contribution in [0.25, 0.3) is 0 Å². The number of nitrogens with zero attached hydrogens (tertiary/aromatic N) is 1. The topological polar surface area (TPSA) is 48.0 Å². The zero-order chi connectivity index (χ0) is 25.9. The lowest BCUT2D eigenvalue weighted by Gasteiger charge is -2.60. The van der Waals surface area contributed by atoms with Gasteiger partial charge in [-0.15, -0.1) is 9.24 Å². The Hall–Kier alpha value is -0.320. The van der Waals surface area contributed by atoms with Gasteiger partial charge in [0.1, 0.15) is 0 Å². The van der Waals surface area contributed by atoms with Crippen LogP contribution in [0.5, 0.6) is 0 Å². The molecular formula is C32H48NO4P. The summed E-state index contributed by atoms with van der Waals surface area (Å²) in [6.07, 6.45) is 15.8. The molecule has 2 aliphatic heterocycles. The van der Waals surface area contributed by atoms with Gasteiger partial charge in [-0.1, -0.05) is 19.4 Å². The van der Waals surface area contributed by atoms with Crippen molar-refractivity contribution in [2.45, 2.75) is 95.8 Å². The molecular weight excluding hydrogens is 493 g/mol. The number of hydrogen-bond donors (Lipinski definition) is 0. The lowest BCUT2D eigenvalue weighted by atomic mass is 9.47. The second kappa shape index (κ2) is 8.60. The van der Waals surface area contributed by atoms with Gasteiger partial charge in [-0.3, -0.25) is 9.69 Å². The lowest BCUT2D eigenvalue weighted by molar-refractivity contribution is -0.211. The molecule has 2 heterocycles. The standard InChI is InChI=1S/C32H48NO4P/c1-20-13-27-28(33(17-20)9-10-35-11-12-36-19-38)26-16-31-18-30(31)15-25-23(24(30)6-8-32(26,31)37-27)4-3-21-14-22(34)5-7-29(21,25)2/h14,20,23-28H,3-13,15-19,38H2,1-2H3/t20-,23-,24-,25-,26+,27+,28-,29-,30?,31?,32+/m0/s1. The molecule has 0 aromatic heterocycles. The van der Waals surface area contributed by atoms with E-state index in [1.165, 1.54) is 63.5 Å². The molecule has 5 saturated carbocycles. The Kier molecular flexibility index (Phi) is 5.75. The summed E-state index contributed by atoms with van der Waals surface area (Å²) in [6, 6.07) is 0.595. The zero-order valence-corrected chi connectivity index (χ0v) is 24.7. The molecule has 2 saturated heterocycles. The van der Waals surface area contributed by atoms with E-state index in [2.05, 4.69) is 34.1 Å². The third-order valence-electron chi connectivity index (χ3n) is 13.9. The van der Waals surface area contributed by atoms with E-state index in [1.807, 2.05) is 0 Å². The van der Waals surface area contributed by atoms with Crippen LogP contribution >= 0.6 is 9.24 Å². The summed E-state index contributed by atoms with van der Waals surface area (Å²) in [6.45, 7) is 9.36. The number of carbonyl (C=O) groups is 1. The van der Waals surface area contributed by atoms with E-state index in [0.717, 1.165) is 49.7 Å². The van der Waals surface area contributed by atoms with E-state index < -0.39 is 0 Å². The van der Waals surface area contributed by atoms with E-state index >= 15 is 0 Å². The first kappa shape index (κ1) is 25.4. The number of ether oxygens (including phenoxy) is 3. The highest BCUT2D eigenvalue weighted by Crippen LogP contribution is 2.93. The summed E-state index contributed by atoms with van der Waals surface area (Å²) in [4.78, 5) is 15.1. The number of ketones is 1. The Morgan fingerprint density at radius 3 is 2.82 bits per heavy atom. The molecule has 5 nitrogen and oxygen atoms in total. The van der Waals surface area contributed by atoms with E-state index in [0.29, 0.717) is 54.2 Å². The van der Waals surface area contributed by atoms with Crippen molar-refractivity contribution in [1.82, 2.24) is 4.90 Å². The van der Waals surface area contributed by atoms with Crippen LogP contribution in [0.15, 0.2) is 11.6 Å². The summed E-state index contributed by atoms with van der Waals surface area (Å²) >= 11 is 0. The van der Waals surface area contributed by atoms with Crippen LogP contribution in [-0.2, 0) is 19.0 Å². The van der Waals surface area contributed by atoms with Crippen LogP contribution < -0.4 is 0 Å². The molecule has 0 radical (unpaired) electrons. The summed E-state index contributed by atoms with van der Waals surface area (Å²) in [5.41, 5.74) is 2.96. The molecule has 6 aliphatic carbocycles. The molecule has 6 heteroatoms. The predicted molar refractivity (Wildman–Crippen MR) is 150 cm³/mol. The van der Waals surface area contributed by atoms with Crippen molar-refractivity contribution >= 4 is 15.0 Å². The summed E-state index contributed by atoms with van der Waals surface area (Å²) < 4.78 is 18.8. The first-order valence-electron chi connectivity index (χ1n) is 15.9. The second-order valence-electron chi connectivity index (χ2n) is 15.0. The molecule has 7 fully saturated rings. The Morgan fingerprint density at radius 1 is 1.08 bits per heavy atom. The summed E-state index contributed by atoms with van der Waals surface area (Å²) in [7, 11) is 2.61. The number of rotatable bonds is 7. The third-order valence-corrected chi connectivity index (χ3v) is 14.1. The van der Waals surface area contributed by atoms with E-state index in [4.69, 9.17) is 14.2 Å². The average Bonchev–Trinajstić information content (AvgIpc) is 3.37. The molecule has 12 atom stereocenters. The van der Waals surface area contributed by atoms with Crippen molar-refractivity contribution in [3.8, 4) is 0 Å². The summed E-state index contributed by atoms with van der Waals surface area (Å²) in [5.74, 6) is 4.39. The second-order valence-corrected chi connectivity index (χ2v) is 15.3. The van der Waals surface area contributed by atoms with Crippen molar-refractivity contribution in [3.05, 3.63) is 11.6 Å². The molecule has 0 amide bonds. The number of likely N-dealkylation sites (tertiary alicyclic amines) is 1. The largest absolute Gasteiger partial charge is 0.378 e. The van der Waals surface area contributed by atoms with Crippen molar-refractivity contribution < 1.29 is 19.0 Å². The molecule has 8 aliphatic rings. The molecule has 3 spiro atoms. The van der Waals surface area contributed by atoms with Gasteiger partial charge >= 0.3 is 0 Å². The maximum Gasteiger partial charge on any atom is 0.155 e. The molecule has 0 aromatic rings. The van der Waals surface area contributed by atoms with Gasteiger partial charge in [0.15, 0.2) is 5.78 Å². The number of hydrogen-bond acceptors (Lipinski definition) is 5. The Balaban J connectivity index is 1.02. The van der Waals surface area contributed by atoms with Crippen LogP contribution in [0.4, 0.5) is 0 Å². The van der Waals surface area contributed by atoms with Crippen LogP contribution in [0.3, 0.4) is 0 Å². The van der Waals surface area contributed by atoms with E-state index in [1.54, 1.807) is 0 Å². The Bertz CT molecular complexity index is 1050. The van der Waals surface area contributed by atoms with E-state index in [-0.39, 0.29) is 11.0 Å². The predicted octanol–water partition coefficient (Wildman–Crippen LogP) is 5.23. The fourth-order valence-electron chi connectivity index (χ4n) is 12.5. The molecule has 0 N–H and O–H groups in total. The summed E-state index contributed by atoms with van der Waals surface area (Å²) in [5, 5.41) is 0. The quantitative estimate of drug-likeness (QED) is 0.326. The van der Waals surface area contributed by atoms with Crippen molar-refractivity contribution in [3.63, 3.8) is 0 Å². The maximum absolute atomic E-state index is 12.3. The molecule has 210 valence electrons. The van der Waals surface area contributed by atoms with Gasteiger partial charge in [-0.25, -0.2) is 0 Å². The molecule has 8 rings (SSSR count). The van der Waals surface area contributed by atoms with Gasteiger partial charge < -0.3 is 14.2 Å². The molecule has 0 bridgehead atoms. The molecule has 0 aromatic carbocycles. The van der Waals surface area contributed by atoms with Crippen LogP contribution in [-0.4, -0.2) is 67.7 Å². The van der Waals surface area contributed by atoms with Gasteiger partial charge in [0.25, 0.3) is 0 Å². The number of allylic oxidation sites excluding steroid dienone is 2. The zero-order valence-electron chi connectivity index (χ0n) is 23.6. The van der Waals surface area contributed by atoms with Crippen LogP contribution in [0.2, 0.25) is 0 Å². The van der Waals surface area contributed by atoms with E-state index in [9.17, 15) is 4.79 Å². The van der Waals surface area contributed by atoms with Gasteiger partial charge in [0.2, 0.25) is 0 Å². The monoisotopic (exact) mass is 541 g/mol. The highest BCUT2D eigenvalue weighted by atomic mass is 31.0. The SMILES string of the molecule is C[C@H]1C[C@H]2O[C@@]34CC[C@H]5[C@@H]6CCC7=CC(=O)CC[C@]7(C)[C@H]6CC56CC63C[C@@H]4[C@@H]2N(CCOCCOCP)C1. The van der Waals surface area contributed by atoms with Crippen LogP contribution in [0, 0.1) is 45.8 Å². The third kappa shape index (κ3) is 3.10. The minimum Gasteiger partial charge on any atom is -0.378 e. The average molecular weight is 542 g/mol. The van der Waals surface area contributed by atoms with Crippen LogP contribution in [0.1, 0.15) is 78.1 Å². The Labute approximate surface area is 231 Å².